The van der Waals surface area contributed by atoms with Gasteiger partial charge < -0.3 is 0 Å². The van der Waals surface area contributed by atoms with Crippen molar-refractivity contribution >= 4 is 0 Å². The number of unbranched alkanes of at least 4 members (excludes halogenated alkanes) is 51. The second kappa shape index (κ2) is 91.0. The van der Waals surface area contributed by atoms with Gasteiger partial charge in [0.25, 0.3) is 0 Å². The normalized spacial score (nSPS) is 15.6. The van der Waals surface area contributed by atoms with Crippen molar-refractivity contribution in [2.75, 3.05) is 0 Å². The minimum Gasteiger partial charge on any atom is -0.0885 e. The molecule has 0 radical (unpaired) electrons. The fourth-order valence-corrected chi connectivity index (χ4v) is 23.2. The molecule has 0 heteroatoms. The van der Waals surface area contributed by atoms with Crippen LogP contribution < -0.4 is 0 Å². The van der Waals surface area contributed by atoms with Gasteiger partial charge in [0.2, 0.25) is 0 Å². The van der Waals surface area contributed by atoms with E-state index in [-0.39, 0.29) is 16.2 Å². The summed E-state index contributed by atoms with van der Waals surface area (Å²) in [6.45, 7) is 37.7. The van der Waals surface area contributed by atoms with Crippen LogP contribution >= 0.6 is 0 Å². The van der Waals surface area contributed by atoms with Gasteiger partial charge in [0.15, 0.2) is 0 Å². The van der Waals surface area contributed by atoms with E-state index >= 15 is 0 Å². The summed E-state index contributed by atoms with van der Waals surface area (Å²) in [7, 11) is 0. The average Bonchev–Trinajstić information content (AvgIpc) is 0.695. The van der Waals surface area contributed by atoms with Crippen LogP contribution in [0.2, 0.25) is 0 Å². The van der Waals surface area contributed by atoms with Crippen LogP contribution in [0.5, 0.6) is 0 Å². The van der Waals surface area contributed by atoms with E-state index in [4.69, 9.17) is 0 Å². The minimum atomic E-state index is -0.0897. The summed E-state index contributed by atoms with van der Waals surface area (Å²) in [5.41, 5.74) is 2.06. The van der Waals surface area contributed by atoms with Crippen LogP contribution in [0.3, 0.4) is 0 Å². The number of allylic oxidation sites excluding steroid dienone is 10. The maximum atomic E-state index is 3.38. The second-order valence-corrected chi connectivity index (χ2v) is 41.2. The molecule has 9 unspecified atom stereocenters. The monoisotopic (exact) mass is 1670 g/mol. The Hall–Kier alpha value is -1.30. The molecule has 9 atom stereocenters. The van der Waals surface area contributed by atoms with Crippen LogP contribution in [0.4, 0.5) is 0 Å². The molecule has 0 rings (SSSR count). The van der Waals surface area contributed by atoms with Gasteiger partial charge in [-0.2, -0.15) is 0 Å². The Kier molecular flexibility index (Phi) is 90.0. The Morgan fingerprint density at radius 2 is 0.483 bits per heavy atom. The quantitative estimate of drug-likeness (QED) is 0.0421. The van der Waals surface area contributed by atoms with Crippen molar-refractivity contribution in [2.45, 2.75) is 656 Å². The van der Waals surface area contributed by atoms with Crippen LogP contribution in [0, 0.1) is 51.8 Å². The summed E-state index contributed by atoms with van der Waals surface area (Å²) in [6, 6.07) is 0. The second-order valence-electron chi connectivity index (χ2n) is 41.2. The molecule has 0 amide bonds. The van der Waals surface area contributed by atoms with Gasteiger partial charge in [-0.05, 0) is 181 Å². The molecule has 0 aliphatic rings. The lowest BCUT2D eigenvalue weighted by Gasteiger charge is -2.67. The molecule has 0 aromatic rings. The summed E-state index contributed by atoms with van der Waals surface area (Å²) >= 11 is 0. The van der Waals surface area contributed by atoms with Crippen molar-refractivity contribution < 1.29 is 0 Å². The third kappa shape index (κ3) is 61.3. The van der Waals surface area contributed by atoms with E-state index in [1.54, 1.807) is 0 Å². The Labute approximate surface area is 763 Å². The predicted octanol–water partition coefficient (Wildman–Crippen LogP) is 44.6. The highest BCUT2D eigenvalue weighted by atomic mass is 14.7. The number of rotatable bonds is 99. The number of hydrogen-bond donors (Lipinski definition) is 0. The lowest BCUT2D eigenvalue weighted by Crippen LogP contribution is -2.59. The van der Waals surface area contributed by atoms with Gasteiger partial charge >= 0.3 is 0 Å². The molecule has 0 saturated heterocycles. The summed E-state index contributed by atoms with van der Waals surface area (Å²) < 4.78 is 0. The fraction of sp³-hybridized carbons (Fsp3) is 0.917. The van der Waals surface area contributed by atoms with Crippen LogP contribution in [0.1, 0.15) is 656 Å². The van der Waals surface area contributed by atoms with Crippen molar-refractivity contribution in [3.63, 3.8) is 0 Å². The Morgan fingerprint density at radius 1 is 0.208 bits per heavy atom. The first-order valence-corrected chi connectivity index (χ1v) is 57.4. The first-order chi connectivity index (χ1) is 59.1. The number of hydrogen-bond acceptors (Lipinski definition) is 0. The summed E-state index contributed by atoms with van der Waals surface area (Å²) in [5.74, 6) is 4.36. The standard InChI is InChI=1S/C120H232/c1-16-31-41-46-51-55-59-63-67-72-77-87-102-117(107-112(92-27-12)97-82-37-22-7)119(109-114(94-29-14)99-84-39-24-9,104-89-79-74-69-65-61-57-53-48-43-33-18-3)120(110-115(95-30-15)100-85-40-25-10,105-90-80-75-70-66-62-58-54-49-44-34-19-4)118(108-113(93-28-13)98-83-38-23-8,103-88-78-73-68-64-60-56-52-47-42-32-17-2)116(101-86-76-71-50-45-35-20-5)106-111(91-26-11)96-81-36-21-6/h67,72,74,79-80,88,90,101,103,111-115,117H,16-66,68-71,73,75-78,81-87,89,91-100,102,104-110H2,1-15H3. The van der Waals surface area contributed by atoms with Crippen LogP contribution in [0.15, 0.2) is 60.3 Å². The molecule has 0 aromatic heterocycles. The molecule has 120 heavy (non-hydrogen) atoms. The SMILES string of the molecule is CCCCCCCCC=C(CC(CCC)CCCCC)C(C=CCCCCCCCCCCCC)(CC(CCC)CCCCC)C(CC=CCCCCCCCCCCC)(CC(CCC)CCCCC)C(CCC=CCCCCCCCCCC)(CC(CCC)CCCCC)C(CCCC=CCCCCCCCCC)CC(CCC)CCCCC. The lowest BCUT2D eigenvalue weighted by atomic mass is 9.37. The van der Waals surface area contributed by atoms with E-state index in [0.717, 1.165) is 23.7 Å². The Bertz CT molecular complexity index is 2150. The first kappa shape index (κ1) is 119. The molecular formula is C120H232. The van der Waals surface area contributed by atoms with Crippen LogP contribution in [0.25, 0.3) is 0 Å². The topological polar surface area (TPSA) is 0 Å². The third-order valence-corrected chi connectivity index (χ3v) is 30.1. The molecule has 0 saturated carbocycles. The highest BCUT2D eigenvalue weighted by molar-refractivity contribution is 5.33. The smallest absolute Gasteiger partial charge is 0.0158 e. The average molecular weight is 1680 g/mol. The van der Waals surface area contributed by atoms with Crippen LogP contribution in [-0.4, -0.2) is 0 Å². The zero-order valence-corrected chi connectivity index (χ0v) is 86.5. The van der Waals surface area contributed by atoms with E-state index in [0.29, 0.717) is 11.8 Å². The van der Waals surface area contributed by atoms with E-state index in [1.807, 2.05) is 5.57 Å². The largest absolute Gasteiger partial charge is 0.0885 e. The zero-order valence-electron chi connectivity index (χ0n) is 86.5. The molecular weight excluding hydrogens is 1440 g/mol. The summed E-state index contributed by atoms with van der Waals surface area (Å²) in [4.78, 5) is 0. The summed E-state index contributed by atoms with van der Waals surface area (Å²) in [6.07, 6.45) is 146. The van der Waals surface area contributed by atoms with Crippen LogP contribution in [-0.2, 0) is 0 Å². The third-order valence-electron chi connectivity index (χ3n) is 30.1. The van der Waals surface area contributed by atoms with Gasteiger partial charge in [0.1, 0.15) is 0 Å². The van der Waals surface area contributed by atoms with Gasteiger partial charge in [0.05, 0.1) is 0 Å². The zero-order chi connectivity index (χ0) is 87.7. The van der Waals surface area contributed by atoms with Crippen molar-refractivity contribution in [3.05, 3.63) is 60.3 Å². The van der Waals surface area contributed by atoms with E-state index < -0.39 is 0 Å². The molecule has 0 bridgehead atoms. The molecule has 0 N–H and O–H groups in total. The molecule has 0 spiro atoms. The minimum absolute atomic E-state index is 0.000607. The van der Waals surface area contributed by atoms with Gasteiger partial charge in [0, 0.05) is 5.41 Å². The molecule has 0 heterocycles. The van der Waals surface area contributed by atoms with Gasteiger partial charge in [-0.15, -0.1) is 0 Å². The predicted molar refractivity (Wildman–Crippen MR) is 555 cm³/mol. The first-order valence-electron chi connectivity index (χ1n) is 57.4. The van der Waals surface area contributed by atoms with Crippen molar-refractivity contribution in [1.29, 1.82) is 0 Å². The summed E-state index contributed by atoms with van der Waals surface area (Å²) in [5, 5.41) is 0. The molecule has 0 aliphatic carbocycles. The molecule has 712 valence electrons. The molecule has 0 aliphatic heterocycles. The maximum absolute atomic E-state index is 3.38. The Morgan fingerprint density at radius 3 is 0.858 bits per heavy atom. The fourth-order valence-electron chi connectivity index (χ4n) is 23.2. The Balaban J connectivity index is 11.4. The van der Waals surface area contributed by atoms with E-state index in [1.165, 1.54) is 552 Å². The molecule has 0 nitrogen and oxygen atoms in total. The highest BCUT2D eigenvalue weighted by Crippen LogP contribution is 2.72. The molecule has 0 fully saturated rings. The van der Waals surface area contributed by atoms with Gasteiger partial charge in [-0.1, -0.05) is 581 Å². The van der Waals surface area contributed by atoms with Crippen molar-refractivity contribution in [2.24, 2.45) is 51.8 Å². The van der Waals surface area contributed by atoms with Gasteiger partial charge in [-0.25, -0.2) is 0 Å². The van der Waals surface area contributed by atoms with E-state index in [2.05, 4.69) is 159 Å². The highest BCUT2D eigenvalue weighted by Gasteiger charge is 2.64. The lowest BCUT2D eigenvalue weighted by molar-refractivity contribution is -0.140. The van der Waals surface area contributed by atoms with Crippen molar-refractivity contribution in [1.82, 2.24) is 0 Å². The van der Waals surface area contributed by atoms with Gasteiger partial charge in [-0.3, -0.25) is 0 Å². The maximum Gasteiger partial charge on any atom is 0.0158 e. The van der Waals surface area contributed by atoms with Crippen molar-refractivity contribution in [3.8, 4) is 0 Å². The molecule has 0 aromatic carbocycles. The van der Waals surface area contributed by atoms with E-state index in [9.17, 15) is 0 Å².